The summed E-state index contributed by atoms with van der Waals surface area (Å²) in [6.45, 7) is 8.25. The third-order valence-electron chi connectivity index (χ3n) is 3.65. The van der Waals surface area contributed by atoms with Crippen LogP contribution in [-0.4, -0.2) is 24.6 Å². The van der Waals surface area contributed by atoms with Crippen molar-refractivity contribution in [1.29, 1.82) is 0 Å². The summed E-state index contributed by atoms with van der Waals surface area (Å²) >= 11 is 0. The lowest BCUT2D eigenvalue weighted by Gasteiger charge is -2.14. The fourth-order valence-corrected chi connectivity index (χ4v) is 2.11. The average molecular weight is 355 g/mol. The maximum absolute atomic E-state index is 12.2. The number of carbonyl (C=O) groups is 2. The van der Waals surface area contributed by atoms with Crippen LogP contribution in [0.1, 0.15) is 36.7 Å². The summed E-state index contributed by atoms with van der Waals surface area (Å²) in [6, 6.07) is 14.1. The Morgan fingerprint density at radius 3 is 2.15 bits per heavy atom. The Balaban J connectivity index is 1.89. The van der Waals surface area contributed by atoms with Crippen LogP contribution in [0.3, 0.4) is 0 Å². The summed E-state index contributed by atoms with van der Waals surface area (Å²) in [4.78, 5) is 24.3. The van der Waals surface area contributed by atoms with Gasteiger partial charge in [0.05, 0.1) is 12.2 Å². The van der Waals surface area contributed by atoms with Gasteiger partial charge in [0, 0.05) is 5.69 Å². The number of rotatable bonds is 7. The van der Waals surface area contributed by atoms with Crippen LogP contribution in [-0.2, 0) is 9.53 Å². The summed E-state index contributed by atoms with van der Waals surface area (Å²) in [6.07, 6.45) is -0.902. The molecule has 2 aromatic rings. The molecule has 0 aliphatic carbocycles. The first kappa shape index (κ1) is 19.5. The summed E-state index contributed by atoms with van der Waals surface area (Å²) in [5, 5.41) is 2.73. The molecule has 5 nitrogen and oxygen atoms in total. The van der Waals surface area contributed by atoms with E-state index in [9.17, 15) is 9.59 Å². The van der Waals surface area contributed by atoms with Crippen LogP contribution >= 0.6 is 0 Å². The molecule has 0 fully saturated rings. The molecule has 0 aliphatic heterocycles. The third kappa shape index (κ3) is 5.92. The van der Waals surface area contributed by atoms with Gasteiger partial charge in [-0.3, -0.25) is 4.79 Å². The Morgan fingerprint density at radius 1 is 0.962 bits per heavy atom. The van der Waals surface area contributed by atoms with Crippen molar-refractivity contribution in [2.45, 2.75) is 33.8 Å². The minimum absolute atomic E-state index is 0.372. The molecule has 0 saturated heterocycles. The highest BCUT2D eigenvalue weighted by molar-refractivity contribution is 5.97. The van der Waals surface area contributed by atoms with Crippen LogP contribution in [0.15, 0.2) is 48.5 Å². The van der Waals surface area contributed by atoms with Crippen molar-refractivity contribution in [2.24, 2.45) is 5.92 Å². The molecule has 0 saturated carbocycles. The fourth-order valence-electron chi connectivity index (χ4n) is 2.11. The Kier molecular flexibility index (Phi) is 6.78. The van der Waals surface area contributed by atoms with Gasteiger partial charge in [-0.2, -0.15) is 0 Å². The topological polar surface area (TPSA) is 64.6 Å². The molecule has 0 unspecified atom stereocenters. The van der Waals surface area contributed by atoms with E-state index in [1.54, 1.807) is 43.3 Å². The van der Waals surface area contributed by atoms with E-state index in [-0.39, 0.29) is 5.91 Å². The number of hydrogen-bond acceptors (Lipinski definition) is 4. The number of amides is 1. The van der Waals surface area contributed by atoms with E-state index in [1.165, 1.54) is 0 Å². The van der Waals surface area contributed by atoms with Crippen LogP contribution < -0.4 is 10.1 Å². The first-order chi connectivity index (χ1) is 12.3. The Bertz CT molecular complexity index is 736. The van der Waals surface area contributed by atoms with Gasteiger partial charge in [-0.1, -0.05) is 31.5 Å². The van der Waals surface area contributed by atoms with Crippen LogP contribution in [0.25, 0.3) is 0 Å². The predicted molar refractivity (Wildman–Crippen MR) is 101 cm³/mol. The highest BCUT2D eigenvalue weighted by atomic mass is 16.5. The Labute approximate surface area is 154 Å². The second kappa shape index (κ2) is 9.04. The second-order valence-electron chi connectivity index (χ2n) is 6.63. The molecule has 2 aromatic carbocycles. The maximum atomic E-state index is 12.2. The Hall–Kier alpha value is -2.82. The van der Waals surface area contributed by atoms with Crippen molar-refractivity contribution in [3.05, 3.63) is 59.7 Å². The molecule has 5 heteroatoms. The molecule has 1 N–H and O–H groups in total. The first-order valence-corrected chi connectivity index (χ1v) is 8.66. The average Bonchev–Trinajstić information content (AvgIpc) is 2.62. The normalized spacial score (nSPS) is 11.7. The smallest absolute Gasteiger partial charge is 0.338 e. The minimum atomic E-state index is -0.902. The summed E-state index contributed by atoms with van der Waals surface area (Å²) in [5.41, 5.74) is 2.13. The molecular weight excluding hydrogens is 330 g/mol. The van der Waals surface area contributed by atoms with Crippen molar-refractivity contribution in [1.82, 2.24) is 0 Å². The monoisotopic (exact) mass is 355 g/mol. The largest absolute Gasteiger partial charge is 0.493 e. The molecule has 26 heavy (non-hydrogen) atoms. The van der Waals surface area contributed by atoms with E-state index in [0.29, 0.717) is 29.5 Å². The van der Waals surface area contributed by atoms with Crippen LogP contribution in [0.2, 0.25) is 0 Å². The van der Waals surface area contributed by atoms with Gasteiger partial charge in [0.1, 0.15) is 5.75 Å². The zero-order valence-corrected chi connectivity index (χ0v) is 15.6. The number of ether oxygens (including phenoxy) is 2. The molecule has 2 rings (SSSR count). The molecule has 0 radical (unpaired) electrons. The van der Waals surface area contributed by atoms with E-state index >= 15 is 0 Å². The van der Waals surface area contributed by atoms with Crippen molar-refractivity contribution in [3.8, 4) is 5.75 Å². The molecule has 0 spiro atoms. The van der Waals surface area contributed by atoms with Crippen LogP contribution in [0.5, 0.6) is 5.75 Å². The van der Waals surface area contributed by atoms with Gasteiger partial charge in [-0.05, 0) is 56.2 Å². The van der Waals surface area contributed by atoms with Crippen molar-refractivity contribution in [3.63, 3.8) is 0 Å². The first-order valence-electron chi connectivity index (χ1n) is 8.66. The van der Waals surface area contributed by atoms with Crippen molar-refractivity contribution in [2.75, 3.05) is 11.9 Å². The van der Waals surface area contributed by atoms with Gasteiger partial charge in [-0.15, -0.1) is 0 Å². The zero-order chi connectivity index (χ0) is 19.1. The molecule has 138 valence electrons. The van der Waals surface area contributed by atoms with Gasteiger partial charge >= 0.3 is 5.97 Å². The highest BCUT2D eigenvalue weighted by Gasteiger charge is 2.19. The van der Waals surface area contributed by atoms with E-state index in [0.717, 1.165) is 5.56 Å². The van der Waals surface area contributed by atoms with Crippen molar-refractivity contribution < 1.29 is 19.1 Å². The number of benzene rings is 2. The van der Waals surface area contributed by atoms with Gasteiger partial charge in [-0.25, -0.2) is 4.79 Å². The van der Waals surface area contributed by atoms with Gasteiger partial charge < -0.3 is 14.8 Å². The number of carbonyl (C=O) groups excluding carboxylic acids is 2. The minimum Gasteiger partial charge on any atom is -0.493 e. The Morgan fingerprint density at radius 2 is 1.58 bits per heavy atom. The summed E-state index contributed by atoms with van der Waals surface area (Å²) in [5.74, 6) is 0.194. The number of aryl methyl sites for hydroxylation is 1. The standard InChI is InChI=1S/C21H25NO4/c1-14(2)13-25-19-11-7-17(8-12-19)21(24)26-16(4)20(23)22-18-9-5-15(3)6-10-18/h5-12,14,16H,13H2,1-4H3,(H,22,23)/t16-/m0/s1. The maximum Gasteiger partial charge on any atom is 0.338 e. The van der Waals surface area contributed by atoms with Gasteiger partial charge in [0.15, 0.2) is 6.10 Å². The predicted octanol–water partition coefficient (Wildman–Crippen LogP) is 4.21. The number of hydrogen-bond donors (Lipinski definition) is 1. The lowest BCUT2D eigenvalue weighted by molar-refractivity contribution is -0.123. The van der Waals surface area contributed by atoms with Crippen molar-refractivity contribution >= 4 is 17.6 Å². The SMILES string of the molecule is Cc1ccc(NC(=O)[C@H](C)OC(=O)c2ccc(OCC(C)C)cc2)cc1. The van der Waals surface area contributed by atoms with Gasteiger partial charge in [0.25, 0.3) is 5.91 Å². The molecule has 0 heterocycles. The second-order valence-corrected chi connectivity index (χ2v) is 6.63. The van der Waals surface area contributed by atoms with E-state index in [4.69, 9.17) is 9.47 Å². The van der Waals surface area contributed by atoms with Crippen LogP contribution in [0.4, 0.5) is 5.69 Å². The number of esters is 1. The molecule has 0 bridgehead atoms. The lowest BCUT2D eigenvalue weighted by Crippen LogP contribution is -2.30. The number of nitrogens with one attached hydrogen (secondary N) is 1. The molecule has 0 aliphatic rings. The zero-order valence-electron chi connectivity index (χ0n) is 15.6. The number of anilines is 1. The molecule has 0 aromatic heterocycles. The van der Waals surface area contributed by atoms with Crippen LogP contribution in [0, 0.1) is 12.8 Å². The van der Waals surface area contributed by atoms with E-state index in [1.807, 2.05) is 19.1 Å². The lowest BCUT2D eigenvalue weighted by atomic mass is 10.2. The molecule has 1 amide bonds. The molecular formula is C21H25NO4. The summed E-state index contributed by atoms with van der Waals surface area (Å²) < 4.78 is 10.8. The molecule has 1 atom stereocenters. The third-order valence-corrected chi connectivity index (χ3v) is 3.65. The van der Waals surface area contributed by atoms with E-state index in [2.05, 4.69) is 19.2 Å². The van der Waals surface area contributed by atoms with Gasteiger partial charge in [0.2, 0.25) is 0 Å². The fraction of sp³-hybridized carbons (Fsp3) is 0.333. The van der Waals surface area contributed by atoms with E-state index < -0.39 is 12.1 Å². The quantitative estimate of drug-likeness (QED) is 0.756. The summed E-state index contributed by atoms with van der Waals surface area (Å²) in [7, 11) is 0. The highest BCUT2D eigenvalue weighted by Crippen LogP contribution is 2.15.